The van der Waals surface area contributed by atoms with E-state index in [-0.39, 0.29) is 5.56 Å². The molecule has 0 atom stereocenters. The topological polar surface area (TPSA) is 43.8 Å². The first-order chi connectivity index (χ1) is 8.47. The van der Waals surface area contributed by atoms with Crippen molar-refractivity contribution in [2.75, 3.05) is 6.54 Å². The Morgan fingerprint density at radius 1 is 1.22 bits per heavy atom. The molecule has 0 fully saturated rings. The molecule has 1 aromatic heterocycles. The summed E-state index contributed by atoms with van der Waals surface area (Å²) in [4.78, 5) is 0. The molecule has 0 aliphatic rings. The number of rotatable bonds is 3. The van der Waals surface area contributed by atoms with Gasteiger partial charge in [-0.3, -0.25) is 0 Å². The molecule has 96 valence electrons. The van der Waals surface area contributed by atoms with E-state index in [2.05, 4.69) is 5.10 Å². The van der Waals surface area contributed by atoms with Crippen molar-refractivity contribution in [1.29, 1.82) is 0 Å². The van der Waals surface area contributed by atoms with Gasteiger partial charge in [-0.2, -0.15) is 13.9 Å². The second-order valence-electron chi connectivity index (χ2n) is 4.20. The van der Waals surface area contributed by atoms with Crippen molar-refractivity contribution in [2.45, 2.75) is 19.8 Å². The van der Waals surface area contributed by atoms with E-state index in [0.717, 1.165) is 5.69 Å². The van der Waals surface area contributed by atoms with Crippen LogP contribution in [0.3, 0.4) is 0 Å². The maximum atomic E-state index is 13.8. The van der Waals surface area contributed by atoms with Crippen LogP contribution in [-0.2, 0) is 5.92 Å². The number of nitrogens with zero attached hydrogens (tertiary/aromatic N) is 2. The zero-order valence-corrected chi connectivity index (χ0v) is 10.3. The average Bonchev–Trinajstić information content (AvgIpc) is 2.66. The van der Waals surface area contributed by atoms with Gasteiger partial charge >= 0.3 is 0 Å². The van der Waals surface area contributed by atoms with Gasteiger partial charge in [-0.1, -0.05) is 18.2 Å². The van der Waals surface area contributed by atoms with E-state index in [0.29, 0.717) is 11.4 Å². The van der Waals surface area contributed by atoms with Crippen molar-refractivity contribution in [2.24, 2.45) is 5.73 Å². The third-order valence-corrected chi connectivity index (χ3v) is 2.91. The van der Waals surface area contributed by atoms with Crippen molar-refractivity contribution in [3.63, 3.8) is 0 Å². The van der Waals surface area contributed by atoms with Gasteiger partial charge in [0.1, 0.15) is 0 Å². The minimum Gasteiger partial charge on any atom is -0.325 e. The molecular formula is C13H15F2N3. The maximum Gasteiger partial charge on any atom is 0.288 e. The number of aromatic nitrogens is 2. The summed E-state index contributed by atoms with van der Waals surface area (Å²) in [6.07, 6.45) is 0. The normalized spacial score (nSPS) is 11.8. The number of halogens is 2. The Labute approximate surface area is 104 Å². The molecule has 5 heteroatoms. The molecule has 0 saturated carbocycles. The van der Waals surface area contributed by atoms with E-state index in [1.807, 2.05) is 30.3 Å². The van der Waals surface area contributed by atoms with Gasteiger partial charge in [-0.25, -0.2) is 4.68 Å². The minimum atomic E-state index is -3.04. The van der Waals surface area contributed by atoms with Gasteiger partial charge in [0.15, 0.2) is 0 Å². The van der Waals surface area contributed by atoms with Gasteiger partial charge in [0, 0.05) is 0 Å². The summed E-state index contributed by atoms with van der Waals surface area (Å²) in [6.45, 7) is 2.49. The molecule has 18 heavy (non-hydrogen) atoms. The lowest BCUT2D eigenvalue weighted by molar-refractivity contribution is 0.00466. The predicted octanol–water partition coefficient (Wildman–Crippen LogP) is 2.54. The fraction of sp³-hybridized carbons (Fsp3) is 0.308. The molecule has 0 bridgehead atoms. The van der Waals surface area contributed by atoms with Crippen LogP contribution in [0.15, 0.2) is 30.3 Å². The molecule has 0 amide bonds. The highest BCUT2D eigenvalue weighted by molar-refractivity contribution is 5.38. The lowest BCUT2D eigenvalue weighted by Gasteiger charge is -2.14. The van der Waals surface area contributed by atoms with E-state index in [1.165, 1.54) is 4.68 Å². The molecule has 0 radical (unpaired) electrons. The molecule has 0 aliphatic carbocycles. The third kappa shape index (κ3) is 2.01. The second kappa shape index (κ2) is 4.49. The fourth-order valence-corrected chi connectivity index (χ4v) is 2.09. The molecule has 2 N–H and O–H groups in total. The van der Waals surface area contributed by atoms with Crippen LogP contribution < -0.4 is 5.73 Å². The summed E-state index contributed by atoms with van der Waals surface area (Å²) in [6, 6.07) is 9.19. The summed E-state index contributed by atoms with van der Waals surface area (Å²) < 4.78 is 29.0. The predicted molar refractivity (Wildman–Crippen MR) is 66.0 cm³/mol. The zero-order chi connectivity index (χ0) is 13.3. The number of hydrogen-bond donors (Lipinski definition) is 1. The SMILES string of the molecule is Cc1nn(-c2ccccc2)c(C)c1C(F)(F)CN. The van der Waals surface area contributed by atoms with E-state index < -0.39 is 12.5 Å². The monoisotopic (exact) mass is 251 g/mol. The Morgan fingerprint density at radius 3 is 2.39 bits per heavy atom. The highest BCUT2D eigenvalue weighted by atomic mass is 19.3. The van der Waals surface area contributed by atoms with Crippen LogP contribution in [0.25, 0.3) is 5.69 Å². The first-order valence-corrected chi connectivity index (χ1v) is 5.67. The van der Waals surface area contributed by atoms with Crippen molar-refractivity contribution in [3.05, 3.63) is 47.3 Å². The lowest BCUT2D eigenvalue weighted by Crippen LogP contribution is -2.26. The molecule has 1 aromatic carbocycles. The van der Waals surface area contributed by atoms with Gasteiger partial charge in [-0.05, 0) is 26.0 Å². The number of nitrogens with two attached hydrogens (primary N) is 1. The molecule has 2 aromatic rings. The van der Waals surface area contributed by atoms with Crippen LogP contribution in [0.2, 0.25) is 0 Å². The van der Waals surface area contributed by atoms with E-state index >= 15 is 0 Å². The number of para-hydroxylation sites is 1. The smallest absolute Gasteiger partial charge is 0.288 e. The van der Waals surface area contributed by atoms with Gasteiger partial charge in [0.2, 0.25) is 0 Å². The van der Waals surface area contributed by atoms with E-state index in [9.17, 15) is 8.78 Å². The quantitative estimate of drug-likeness (QED) is 0.911. The molecule has 0 saturated heterocycles. The fourth-order valence-electron chi connectivity index (χ4n) is 2.09. The van der Waals surface area contributed by atoms with E-state index in [1.54, 1.807) is 13.8 Å². The highest BCUT2D eigenvalue weighted by Gasteiger charge is 2.36. The highest BCUT2D eigenvalue weighted by Crippen LogP contribution is 2.32. The molecular weight excluding hydrogens is 236 g/mol. The number of alkyl halides is 2. The number of aryl methyl sites for hydroxylation is 1. The van der Waals surface area contributed by atoms with Gasteiger partial charge in [-0.15, -0.1) is 0 Å². The first kappa shape index (κ1) is 12.7. The molecule has 0 aliphatic heterocycles. The molecule has 3 nitrogen and oxygen atoms in total. The summed E-state index contributed by atoms with van der Waals surface area (Å²) in [7, 11) is 0. The standard InChI is InChI=1S/C13H15F2N3/c1-9-12(13(14,15)8-16)10(2)18(17-9)11-6-4-3-5-7-11/h3-7H,8,16H2,1-2H3. The first-order valence-electron chi connectivity index (χ1n) is 5.67. The van der Waals surface area contributed by atoms with E-state index in [4.69, 9.17) is 5.73 Å². The van der Waals surface area contributed by atoms with Crippen LogP contribution in [0.5, 0.6) is 0 Å². The molecule has 1 heterocycles. The number of hydrogen-bond acceptors (Lipinski definition) is 2. The summed E-state index contributed by atoms with van der Waals surface area (Å²) >= 11 is 0. The third-order valence-electron chi connectivity index (χ3n) is 2.91. The van der Waals surface area contributed by atoms with Crippen LogP contribution >= 0.6 is 0 Å². The van der Waals surface area contributed by atoms with Crippen molar-refractivity contribution in [3.8, 4) is 5.69 Å². The average molecular weight is 251 g/mol. The Bertz CT molecular complexity index is 547. The molecule has 0 unspecified atom stereocenters. The maximum absolute atomic E-state index is 13.8. The summed E-state index contributed by atoms with van der Waals surface area (Å²) in [5, 5.41) is 4.18. The van der Waals surface area contributed by atoms with Crippen molar-refractivity contribution < 1.29 is 8.78 Å². The summed E-state index contributed by atoms with van der Waals surface area (Å²) in [5.74, 6) is -3.04. The summed E-state index contributed by atoms with van der Waals surface area (Å²) in [5.41, 5.74) is 6.56. The van der Waals surface area contributed by atoms with Gasteiger partial charge in [0.25, 0.3) is 5.92 Å². The van der Waals surface area contributed by atoms with Crippen molar-refractivity contribution in [1.82, 2.24) is 9.78 Å². The van der Waals surface area contributed by atoms with Crippen molar-refractivity contribution >= 4 is 0 Å². The zero-order valence-electron chi connectivity index (χ0n) is 10.3. The minimum absolute atomic E-state index is 0.0751. The molecule has 0 spiro atoms. The van der Waals surface area contributed by atoms with Crippen LogP contribution in [0, 0.1) is 13.8 Å². The van der Waals surface area contributed by atoms with Crippen LogP contribution in [0.4, 0.5) is 8.78 Å². The Balaban J connectivity index is 2.58. The van der Waals surface area contributed by atoms with Crippen LogP contribution in [-0.4, -0.2) is 16.3 Å². The number of benzene rings is 1. The van der Waals surface area contributed by atoms with Gasteiger partial charge < -0.3 is 5.73 Å². The van der Waals surface area contributed by atoms with Crippen LogP contribution in [0.1, 0.15) is 17.0 Å². The molecule has 2 rings (SSSR count). The Morgan fingerprint density at radius 2 is 1.83 bits per heavy atom. The van der Waals surface area contributed by atoms with Gasteiger partial charge in [0.05, 0.1) is 29.2 Å². The lowest BCUT2D eigenvalue weighted by atomic mass is 10.1. The Hall–Kier alpha value is -1.75. The largest absolute Gasteiger partial charge is 0.325 e. The Kier molecular flexibility index (Phi) is 3.17. The second-order valence-corrected chi connectivity index (χ2v) is 4.20.